The van der Waals surface area contributed by atoms with Gasteiger partial charge in [-0.15, -0.1) is 0 Å². The molecule has 0 amide bonds. The third kappa shape index (κ3) is 3.72. The van der Waals surface area contributed by atoms with Crippen molar-refractivity contribution in [3.8, 4) is 11.1 Å². The maximum atomic E-state index is 2.35. The fourth-order valence-corrected chi connectivity index (χ4v) is 5.79. The molecule has 0 saturated heterocycles. The van der Waals surface area contributed by atoms with Gasteiger partial charge in [-0.2, -0.15) is 0 Å². The van der Waals surface area contributed by atoms with Crippen molar-refractivity contribution in [1.82, 2.24) is 0 Å². The quantitative estimate of drug-likeness (QED) is 0.246. The largest absolute Gasteiger partial charge is 0.310 e. The molecular weight excluding hydrogens is 446 g/mol. The number of fused-ring (bicyclic) bond motifs is 4. The number of hydrogen-bond acceptors (Lipinski definition) is 1. The number of benzene rings is 6. The van der Waals surface area contributed by atoms with Crippen LogP contribution < -0.4 is 4.90 Å². The lowest BCUT2D eigenvalue weighted by Gasteiger charge is -2.26. The summed E-state index contributed by atoms with van der Waals surface area (Å²) in [5, 5.41) is 2.50. The number of hydrogen-bond donors (Lipinski definition) is 0. The van der Waals surface area contributed by atoms with E-state index in [1.54, 1.807) is 0 Å². The predicted molar refractivity (Wildman–Crippen MR) is 156 cm³/mol. The monoisotopic (exact) mass is 473 g/mol. The van der Waals surface area contributed by atoms with Crippen LogP contribution in [0.5, 0.6) is 0 Å². The summed E-state index contributed by atoms with van der Waals surface area (Å²) in [4.78, 5) is 2.35. The van der Waals surface area contributed by atoms with E-state index in [9.17, 15) is 0 Å². The molecule has 37 heavy (non-hydrogen) atoms. The van der Waals surface area contributed by atoms with Gasteiger partial charge in [-0.05, 0) is 81.9 Å². The van der Waals surface area contributed by atoms with Gasteiger partial charge in [-0.3, -0.25) is 0 Å². The van der Waals surface area contributed by atoms with Crippen LogP contribution in [0.25, 0.3) is 21.9 Å². The molecule has 6 aromatic rings. The molecule has 0 fully saturated rings. The highest BCUT2D eigenvalue weighted by Crippen LogP contribution is 2.48. The Bertz CT molecular complexity index is 1680. The van der Waals surface area contributed by atoms with E-state index in [-0.39, 0.29) is 5.92 Å². The normalized spacial score (nSPS) is 12.4. The summed E-state index contributed by atoms with van der Waals surface area (Å²) >= 11 is 0. The zero-order valence-electron chi connectivity index (χ0n) is 20.8. The fourth-order valence-electron chi connectivity index (χ4n) is 5.79. The molecular formula is C36H27N. The molecule has 0 aliphatic heterocycles. The van der Waals surface area contributed by atoms with Crippen LogP contribution in [0, 0.1) is 6.92 Å². The first kappa shape index (κ1) is 21.6. The summed E-state index contributed by atoms with van der Waals surface area (Å²) in [7, 11) is 0. The van der Waals surface area contributed by atoms with Crippen LogP contribution in [-0.4, -0.2) is 0 Å². The molecule has 1 nitrogen and oxygen atoms in total. The van der Waals surface area contributed by atoms with Gasteiger partial charge in [0.2, 0.25) is 0 Å². The fraction of sp³-hybridized carbons (Fsp3) is 0.0556. The van der Waals surface area contributed by atoms with E-state index in [4.69, 9.17) is 0 Å². The third-order valence-electron chi connectivity index (χ3n) is 7.60. The predicted octanol–water partition coefficient (Wildman–Crippen LogP) is 9.78. The molecule has 0 radical (unpaired) electrons. The van der Waals surface area contributed by atoms with Crippen LogP contribution in [0.4, 0.5) is 17.1 Å². The average molecular weight is 474 g/mol. The van der Waals surface area contributed by atoms with Crippen molar-refractivity contribution >= 4 is 27.8 Å². The van der Waals surface area contributed by atoms with Crippen molar-refractivity contribution in [3.05, 3.63) is 162 Å². The number of anilines is 3. The van der Waals surface area contributed by atoms with Gasteiger partial charge in [0.05, 0.1) is 0 Å². The van der Waals surface area contributed by atoms with E-state index in [1.807, 2.05) is 0 Å². The van der Waals surface area contributed by atoms with Crippen LogP contribution in [0.1, 0.15) is 28.2 Å². The highest BCUT2D eigenvalue weighted by atomic mass is 15.1. The van der Waals surface area contributed by atoms with Crippen LogP contribution in [-0.2, 0) is 0 Å². The van der Waals surface area contributed by atoms with E-state index >= 15 is 0 Å². The highest BCUT2D eigenvalue weighted by molar-refractivity contribution is 5.89. The molecule has 1 aliphatic carbocycles. The zero-order valence-corrected chi connectivity index (χ0v) is 20.8. The van der Waals surface area contributed by atoms with Crippen molar-refractivity contribution in [2.24, 2.45) is 0 Å². The Labute approximate surface area is 218 Å². The molecule has 0 heterocycles. The van der Waals surface area contributed by atoms with Crippen LogP contribution >= 0.6 is 0 Å². The molecule has 176 valence electrons. The minimum absolute atomic E-state index is 0.259. The third-order valence-corrected chi connectivity index (χ3v) is 7.60. The van der Waals surface area contributed by atoms with Gasteiger partial charge >= 0.3 is 0 Å². The molecule has 0 bridgehead atoms. The van der Waals surface area contributed by atoms with Gasteiger partial charge in [0.1, 0.15) is 0 Å². The minimum Gasteiger partial charge on any atom is -0.310 e. The Morgan fingerprint density at radius 3 is 1.62 bits per heavy atom. The van der Waals surface area contributed by atoms with E-state index in [0.29, 0.717) is 0 Å². The second-order valence-corrected chi connectivity index (χ2v) is 9.90. The first-order valence-electron chi connectivity index (χ1n) is 12.9. The SMILES string of the molecule is Cc1ccc(N(c2ccc(C3c4ccccc4-c4ccccc43)cc2)c2ccc3ccccc3c2)cc1. The number of nitrogens with zero attached hydrogens (tertiary/aromatic N) is 1. The summed E-state index contributed by atoms with van der Waals surface area (Å²) in [6, 6.07) is 50.9. The smallest absolute Gasteiger partial charge is 0.0468 e. The molecule has 0 atom stereocenters. The van der Waals surface area contributed by atoms with E-state index < -0.39 is 0 Å². The van der Waals surface area contributed by atoms with Gasteiger partial charge in [0, 0.05) is 23.0 Å². The molecule has 0 N–H and O–H groups in total. The molecule has 1 aliphatic rings. The molecule has 0 aromatic heterocycles. The number of aryl methyl sites for hydroxylation is 1. The van der Waals surface area contributed by atoms with Gasteiger partial charge in [0.15, 0.2) is 0 Å². The summed E-state index contributed by atoms with van der Waals surface area (Å²) in [6.07, 6.45) is 0. The van der Waals surface area contributed by atoms with Gasteiger partial charge < -0.3 is 4.90 Å². The lowest BCUT2D eigenvalue weighted by atomic mass is 9.89. The number of rotatable bonds is 4. The van der Waals surface area contributed by atoms with Crippen molar-refractivity contribution in [2.75, 3.05) is 4.90 Å². The molecule has 0 spiro atoms. The Balaban J connectivity index is 1.33. The van der Waals surface area contributed by atoms with Crippen LogP contribution in [0.15, 0.2) is 140 Å². The Morgan fingerprint density at radius 1 is 0.459 bits per heavy atom. The molecule has 0 saturated carbocycles. The molecule has 0 unspecified atom stereocenters. The molecule has 7 rings (SSSR count). The van der Waals surface area contributed by atoms with Crippen molar-refractivity contribution in [1.29, 1.82) is 0 Å². The topological polar surface area (TPSA) is 3.24 Å². The maximum Gasteiger partial charge on any atom is 0.0468 e. The van der Waals surface area contributed by atoms with E-state index in [1.165, 1.54) is 44.2 Å². The second kappa shape index (κ2) is 8.80. The van der Waals surface area contributed by atoms with Crippen molar-refractivity contribution < 1.29 is 0 Å². The Morgan fingerprint density at radius 2 is 0.973 bits per heavy atom. The summed E-state index contributed by atoms with van der Waals surface area (Å²) in [6.45, 7) is 2.14. The lowest BCUT2D eigenvalue weighted by Crippen LogP contribution is -2.10. The Kier molecular flexibility index (Phi) is 5.15. The summed E-state index contributed by atoms with van der Waals surface area (Å²) in [5.74, 6) is 0.259. The van der Waals surface area contributed by atoms with Crippen molar-refractivity contribution in [3.63, 3.8) is 0 Å². The first-order chi connectivity index (χ1) is 18.3. The Hall–Kier alpha value is -4.62. The highest BCUT2D eigenvalue weighted by Gasteiger charge is 2.29. The zero-order chi connectivity index (χ0) is 24.8. The van der Waals surface area contributed by atoms with Crippen LogP contribution in [0.2, 0.25) is 0 Å². The van der Waals surface area contributed by atoms with Gasteiger partial charge in [-0.25, -0.2) is 0 Å². The summed E-state index contributed by atoms with van der Waals surface area (Å²) < 4.78 is 0. The molecule has 1 heteroatoms. The standard InChI is InChI=1S/C36H27N/c1-25-14-19-29(20-15-25)37(31-23-16-26-8-2-3-9-28(26)24-31)30-21-17-27(18-22-30)36-34-12-6-4-10-32(34)33-11-5-7-13-35(33)36/h2-24,36H,1H3. The minimum atomic E-state index is 0.259. The van der Waals surface area contributed by atoms with Gasteiger partial charge in [0.25, 0.3) is 0 Å². The second-order valence-electron chi connectivity index (χ2n) is 9.90. The molecule has 6 aromatic carbocycles. The van der Waals surface area contributed by atoms with Crippen molar-refractivity contribution in [2.45, 2.75) is 12.8 Å². The maximum absolute atomic E-state index is 2.35. The van der Waals surface area contributed by atoms with Gasteiger partial charge in [-0.1, -0.05) is 109 Å². The average Bonchev–Trinajstić information content (AvgIpc) is 3.29. The summed E-state index contributed by atoms with van der Waals surface area (Å²) in [5.41, 5.74) is 11.5. The lowest BCUT2D eigenvalue weighted by molar-refractivity contribution is 1.01. The first-order valence-corrected chi connectivity index (χ1v) is 12.9. The van der Waals surface area contributed by atoms with Crippen LogP contribution in [0.3, 0.4) is 0 Å². The van der Waals surface area contributed by atoms with E-state index in [2.05, 4.69) is 151 Å². The van der Waals surface area contributed by atoms with E-state index in [0.717, 1.165) is 17.1 Å².